The number of fused-ring (bicyclic) bond motifs is 1. The Labute approximate surface area is 148 Å². The molecule has 5 heteroatoms. The highest BCUT2D eigenvalue weighted by molar-refractivity contribution is 14.1. The zero-order valence-corrected chi connectivity index (χ0v) is 14.7. The molecule has 1 N–H and O–H groups in total. The topological polar surface area (TPSA) is 51.2 Å². The zero-order valence-electron chi connectivity index (χ0n) is 12.5. The number of ether oxygens (including phenoxy) is 1. The number of nitrogens with zero attached hydrogens (tertiary/aromatic N) is 1. The zero-order chi connectivity index (χ0) is 16.2. The number of hydrogen-bond donors (Lipinski definition) is 1. The van der Waals surface area contributed by atoms with E-state index >= 15 is 0 Å². The summed E-state index contributed by atoms with van der Waals surface area (Å²) in [6, 6.07) is 17.2. The molecule has 0 bridgehead atoms. The molecule has 23 heavy (non-hydrogen) atoms. The van der Waals surface area contributed by atoms with Gasteiger partial charge >= 0.3 is 0 Å². The number of benzene rings is 2. The fraction of sp³-hybridized carbons (Fsp3) is 0.111. The SMILES string of the molecule is Cc1ccc2cccc(NC(=O)COc3ccc(I)cc3)c2n1. The quantitative estimate of drug-likeness (QED) is 0.648. The Morgan fingerprint density at radius 1 is 1.13 bits per heavy atom. The molecular weight excluding hydrogens is 403 g/mol. The van der Waals surface area contributed by atoms with Crippen LogP contribution in [-0.2, 0) is 4.79 Å². The van der Waals surface area contributed by atoms with Crippen LogP contribution >= 0.6 is 22.6 Å². The number of carbonyl (C=O) groups excluding carboxylic acids is 1. The molecular formula is C18H15IN2O2. The lowest BCUT2D eigenvalue weighted by molar-refractivity contribution is -0.118. The summed E-state index contributed by atoms with van der Waals surface area (Å²) < 4.78 is 6.62. The summed E-state index contributed by atoms with van der Waals surface area (Å²) in [5.74, 6) is 0.465. The van der Waals surface area contributed by atoms with Crippen LogP contribution in [0.3, 0.4) is 0 Å². The lowest BCUT2D eigenvalue weighted by atomic mass is 10.1. The molecule has 0 saturated heterocycles. The first-order chi connectivity index (χ1) is 11.1. The maximum absolute atomic E-state index is 12.1. The van der Waals surface area contributed by atoms with Gasteiger partial charge < -0.3 is 10.1 Å². The molecule has 0 aliphatic heterocycles. The van der Waals surface area contributed by atoms with Crippen molar-refractivity contribution in [1.29, 1.82) is 0 Å². The normalized spacial score (nSPS) is 10.5. The summed E-state index contributed by atoms with van der Waals surface area (Å²) in [5.41, 5.74) is 2.40. The highest BCUT2D eigenvalue weighted by atomic mass is 127. The van der Waals surface area contributed by atoms with Crippen molar-refractivity contribution in [2.45, 2.75) is 6.92 Å². The first-order valence-electron chi connectivity index (χ1n) is 7.16. The Bertz CT molecular complexity index is 847. The van der Waals surface area contributed by atoms with Gasteiger partial charge in [-0.2, -0.15) is 0 Å². The van der Waals surface area contributed by atoms with Gasteiger partial charge in [-0.3, -0.25) is 9.78 Å². The molecule has 3 aromatic rings. The molecule has 1 heterocycles. The van der Waals surface area contributed by atoms with Crippen LogP contribution in [0.5, 0.6) is 5.75 Å². The Kier molecular flexibility index (Phi) is 4.76. The van der Waals surface area contributed by atoms with Crippen molar-refractivity contribution < 1.29 is 9.53 Å². The number of aryl methyl sites for hydroxylation is 1. The summed E-state index contributed by atoms with van der Waals surface area (Å²) in [6.07, 6.45) is 0. The van der Waals surface area contributed by atoms with Crippen LogP contribution in [0.25, 0.3) is 10.9 Å². The van der Waals surface area contributed by atoms with Gasteiger partial charge in [0, 0.05) is 14.7 Å². The van der Waals surface area contributed by atoms with Gasteiger partial charge in [-0.15, -0.1) is 0 Å². The third-order valence-corrected chi connectivity index (χ3v) is 4.04. The molecule has 0 fully saturated rings. The van der Waals surface area contributed by atoms with Crippen molar-refractivity contribution in [2.75, 3.05) is 11.9 Å². The number of pyridine rings is 1. The minimum absolute atomic E-state index is 0.0389. The molecule has 3 rings (SSSR count). The van der Waals surface area contributed by atoms with Crippen LogP contribution in [0.15, 0.2) is 54.6 Å². The minimum Gasteiger partial charge on any atom is -0.484 e. The molecule has 1 aromatic heterocycles. The molecule has 116 valence electrons. The molecule has 0 radical (unpaired) electrons. The number of aromatic nitrogens is 1. The monoisotopic (exact) mass is 418 g/mol. The van der Waals surface area contributed by atoms with E-state index in [2.05, 4.69) is 32.9 Å². The van der Waals surface area contributed by atoms with E-state index in [0.29, 0.717) is 11.4 Å². The molecule has 0 saturated carbocycles. The maximum Gasteiger partial charge on any atom is 0.262 e. The largest absolute Gasteiger partial charge is 0.484 e. The van der Waals surface area contributed by atoms with Crippen LogP contribution < -0.4 is 10.1 Å². The average Bonchev–Trinajstić information content (AvgIpc) is 2.55. The summed E-state index contributed by atoms with van der Waals surface area (Å²) in [7, 11) is 0. The van der Waals surface area contributed by atoms with Crippen molar-refractivity contribution in [2.24, 2.45) is 0 Å². The number of para-hydroxylation sites is 1. The number of carbonyl (C=O) groups is 1. The molecule has 1 amide bonds. The number of halogens is 1. The highest BCUT2D eigenvalue weighted by Crippen LogP contribution is 2.21. The van der Waals surface area contributed by atoms with Gasteiger partial charge in [0.15, 0.2) is 6.61 Å². The second-order valence-electron chi connectivity index (χ2n) is 5.12. The third-order valence-electron chi connectivity index (χ3n) is 3.32. The van der Waals surface area contributed by atoms with Gasteiger partial charge in [0.2, 0.25) is 0 Å². The third kappa shape index (κ3) is 3.98. The van der Waals surface area contributed by atoms with Crippen LogP contribution in [-0.4, -0.2) is 17.5 Å². The number of anilines is 1. The lowest BCUT2D eigenvalue weighted by Crippen LogP contribution is -2.20. The second-order valence-corrected chi connectivity index (χ2v) is 6.37. The van der Waals surface area contributed by atoms with E-state index in [9.17, 15) is 4.79 Å². The highest BCUT2D eigenvalue weighted by Gasteiger charge is 2.08. The molecule has 0 aliphatic carbocycles. The second kappa shape index (κ2) is 6.95. The molecule has 0 unspecified atom stereocenters. The maximum atomic E-state index is 12.1. The van der Waals surface area contributed by atoms with Gasteiger partial charge in [0.05, 0.1) is 11.2 Å². The van der Waals surface area contributed by atoms with E-state index in [4.69, 9.17) is 4.74 Å². The Morgan fingerprint density at radius 3 is 2.70 bits per heavy atom. The standard InChI is InChI=1S/C18H15IN2O2/c1-12-5-6-13-3-2-4-16(18(13)20-12)21-17(22)11-23-15-9-7-14(19)8-10-15/h2-10H,11H2,1H3,(H,21,22). The average molecular weight is 418 g/mol. The summed E-state index contributed by atoms with van der Waals surface area (Å²) >= 11 is 2.22. The van der Waals surface area contributed by atoms with Crippen LogP contribution in [0.1, 0.15) is 5.69 Å². The van der Waals surface area contributed by atoms with Crippen molar-refractivity contribution >= 4 is 45.1 Å². The van der Waals surface area contributed by atoms with E-state index in [1.807, 2.05) is 61.5 Å². The van der Waals surface area contributed by atoms with Gasteiger partial charge in [-0.1, -0.05) is 18.2 Å². The smallest absolute Gasteiger partial charge is 0.262 e. The number of hydrogen-bond acceptors (Lipinski definition) is 3. The Morgan fingerprint density at radius 2 is 1.91 bits per heavy atom. The Balaban J connectivity index is 1.70. The van der Waals surface area contributed by atoms with Crippen LogP contribution in [0, 0.1) is 10.5 Å². The molecule has 4 nitrogen and oxygen atoms in total. The van der Waals surface area contributed by atoms with Crippen molar-refractivity contribution in [3.63, 3.8) is 0 Å². The molecule has 2 aromatic carbocycles. The molecule has 0 aliphatic rings. The van der Waals surface area contributed by atoms with Gasteiger partial charge in [-0.25, -0.2) is 0 Å². The predicted molar refractivity (Wildman–Crippen MR) is 99.8 cm³/mol. The fourth-order valence-corrected chi connectivity index (χ4v) is 2.57. The van der Waals surface area contributed by atoms with Crippen LogP contribution in [0.4, 0.5) is 5.69 Å². The molecule has 0 spiro atoms. The van der Waals surface area contributed by atoms with Gasteiger partial charge in [0.1, 0.15) is 5.75 Å². The number of amides is 1. The van der Waals surface area contributed by atoms with Gasteiger partial charge in [-0.05, 0) is 65.9 Å². The number of nitrogens with one attached hydrogen (secondary N) is 1. The first kappa shape index (κ1) is 15.7. The van der Waals surface area contributed by atoms with Gasteiger partial charge in [0.25, 0.3) is 5.91 Å². The Hall–Kier alpha value is -2.15. The predicted octanol–water partition coefficient (Wildman–Crippen LogP) is 4.17. The lowest BCUT2D eigenvalue weighted by Gasteiger charge is -2.10. The van der Waals surface area contributed by atoms with Crippen molar-refractivity contribution in [3.8, 4) is 5.75 Å². The van der Waals surface area contributed by atoms with Crippen LogP contribution in [0.2, 0.25) is 0 Å². The number of rotatable bonds is 4. The van der Waals surface area contributed by atoms with E-state index in [-0.39, 0.29) is 12.5 Å². The fourth-order valence-electron chi connectivity index (χ4n) is 2.21. The summed E-state index contributed by atoms with van der Waals surface area (Å²) in [5, 5.41) is 3.86. The van der Waals surface area contributed by atoms with Crippen molar-refractivity contribution in [1.82, 2.24) is 4.98 Å². The minimum atomic E-state index is -0.209. The van der Waals surface area contributed by atoms with E-state index in [0.717, 1.165) is 20.2 Å². The van der Waals surface area contributed by atoms with E-state index in [1.54, 1.807) is 0 Å². The van der Waals surface area contributed by atoms with E-state index < -0.39 is 0 Å². The van der Waals surface area contributed by atoms with Crippen molar-refractivity contribution in [3.05, 3.63) is 63.9 Å². The first-order valence-corrected chi connectivity index (χ1v) is 8.24. The summed E-state index contributed by atoms with van der Waals surface area (Å²) in [4.78, 5) is 16.6. The van der Waals surface area contributed by atoms with E-state index in [1.165, 1.54) is 0 Å². The molecule has 0 atom stereocenters. The summed E-state index contributed by atoms with van der Waals surface area (Å²) in [6.45, 7) is 1.89.